The third-order valence-electron chi connectivity index (χ3n) is 2.16. The van der Waals surface area contributed by atoms with Crippen molar-refractivity contribution >= 4 is 31.3 Å². The minimum atomic E-state index is -5.20. The van der Waals surface area contributed by atoms with Gasteiger partial charge in [-0.05, 0) is 0 Å². The van der Waals surface area contributed by atoms with Crippen LogP contribution in [-0.2, 0) is 36.4 Å². The monoisotopic (exact) mass is 456 g/mol. The van der Waals surface area contributed by atoms with Gasteiger partial charge in [-0.3, -0.25) is 18.1 Å². The van der Waals surface area contributed by atoms with Gasteiger partial charge in [-0.2, -0.15) is 0 Å². The molecule has 0 aliphatic rings. The van der Waals surface area contributed by atoms with Crippen LogP contribution in [-0.4, -0.2) is 65.6 Å². The molecule has 152 valence electrons. The van der Waals surface area contributed by atoms with Gasteiger partial charge >= 0.3 is 31.3 Å². The van der Waals surface area contributed by atoms with Gasteiger partial charge in [0.05, 0.1) is 31.8 Å². The molecule has 0 spiro atoms. The van der Waals surface area contributed by atoms with Gasteiger partial charge in [-0.25, -0.2) is 18.3 Å². The number of hydrogen-bond donors (Lipinski definition) is 8. The van der Waals surface area contributed by atoms with E-state index in [2.05, 4.69) is 18.1 Å². The Kier molecular flexibility index (Phi) is 9.25. The lowest BCUT2D eigenvalue weighted by Crippen LogP contribution is -2.40. The van der Waals surface area contributed by atoms with E-state index in [4.69, 9.17) is 39.1 Å². The molecule has 16 nitrogen and oxygen atoms in total. The molecule has 8 N–H and O–H groups in total. The lowest BCUT2D eigenvalue weighted by atomic mass is 9.93. The van der Waals surface area contributed by atoms with Gasteiger partial charge < -0.3 is 39.1 Å². The molecule has 0 fully saturated rings. The molecule has 25 heavy (non-hydrogen) atoms. The Hall–Kier alpha value is 0.440. The summed E-state index contributed by atoms with van der Waals surface area (Å²) in [6.07, 6.45) is 0. The predicted octanol–water partition coefficient (Wildman–Crippen LogP) is -1.59. The number of hydrogen-bond acceptors (Lipinski definition) is 8. The van der Waals surface area contributed by atoms with Crippen molar-refractivity contribution in [2.75, 3.05) is 26.4 Å². The molecular weight excluding hydrogens is 440 g/mol. The molecule has 0 aromatic carbocycles. The van der Waals surface area contributed by atoms with Crippen LogP contribution < -0.4 is 0 Å². The average Bonchev–Trinajstić information content (AvgIpc) is 2.33. The van der Waals surface area contributed by atoms with E-state index in [0.717, 1.165) is 0 Å². The average molecular weight is 456 g/mol. The third kappa shape index (κ3) is 15.2. The van der Waals surface area contributed by atoms with E-state index in [1.54, 1.807) is 0 Å². The number of phosphoric ester groups is 4. The summed E-state index contributed by atoms with van der Waals surface area (Å²) >= 11 is 0. The minimum Gasteiger partial charge on any atom is -0.303 e. The summed E-state index contributed by atoms with van der Waals surface area (Å²) in [4.78, 5) is 69.4. The normalized spacial score (nSPS) is 14.7. The minimum absolute atomic E-state index is 1.27. The van der Waals surface area contributed by atoms with Crippen molar-refractivity contribution in [3.8, 4) is 0 Å². The van der Waals surface area contributed by atoms with Crippen LogP contribution >= 0.6 is 31.3 Å². The first kappa shape index (κ1) is 25.4. The van der Waals surface area contributed by atoms with E-state index < -0.39 is 63.1 Å². The fourth-order valence-corrected chi connectivity index (χ4v) is 2.90. The Labute approximate surface area is 139 Å². The molecule has 0 aromatic heterocycles. The molecule has 0 aliphatic carbocycles. The second-order valence-corrected chi connectivity index (χ2v) is 9.51. The zero-order valence-electron chi connectivity index (χ0n) is 12.0. The van der Waals surface area contributed by atoms with Gasteiger partial charge in [0.1, 0.15) is 0 Å². The first-order valence-electron chi connectivity index (χ1n) is 5.63. The highest BCUT2D eigenvalue weighted by Gasteiger charge is 2.40. The second kappa shape index (κ2) is 9.09. The summed E-state index contributed by atoms with van der Waals surface area (Å²) in [6, 6.07) is 0. The first-order chi connectivity index (χ1) is 10.8. The van der Waals surface area contributed by atoms with Crippen molar-refractivity contribution in [3.05, 3.63) is 0 Å². The van der Waals surface area contributed by atoms with Crippen LogP contribution in [0.15, 0.2) is 0 Å². The second-order valence-electron chi connectivity index (χ2n) is 4.56. The maximum atomic E-state index is 10.8. The van der Waals surface area contributed by atoms with E-state index in [0.29, 0.717) is 0 Å². The van der Waals surface area contributed by atoms with Gasteiger partial charge in [-0.1, -0.05) is 0 Å². The Morgan fingerprint density at radius 3 is 0.760 bits per heavy atom. The molecule has 0 unspecified atom stereocenters. The van der Waals surface area contributed by atoms with Crippen LogP contribution in [0.5, 0.6) is 0 Å². The maximum Gasteiger partial charge on any atom is 0.469 e. The molecule has 0 aromatic rings. The molecule has 0 atom stereocenters. The van der Waals surface area contributed by atoms with Crippen molar-refractivity contribution in [2.24, 2.45) is 5.41 Å². The summed E-state index contributed by atoms with van der Waals surface area (Å²) in [5, 5.41) is 0. The molecular formula is C5H16O16P4. The Morgan fingerprint density at radius 2 is 0.640 bits per heavy atom. The summed E-state index contributed by atoms with van der Waals surface area (Å²) in [5.41, 5.74) is -2.33. The molecule has 20 heteroatoms. The van der Waals surface area contributed by atoms with Crippen LogP contribution in [0.3, 0.4) is 0 Å². The van der Waals surface area contributed by atoms with Gasteiger partial charge in [0, 0.05) is 0 Å². The highest BCUT2D eigenvalue weighted by molar-refractivity contribution is 7.47. The quantitative estimate of drug-likeness (QED) is 0.154. The van der Waals surface area contributed by atoms with Crippen molar-refractivity contribution in [2.45, 2.75) is 0 Å². The summed E-state index contributed by atoms with van der Waals surface area (Å²) in [5.74, 6) is 0. The molecule has 0 saturated heterocycles. The highest BCUT2D eigenvalue weighted by atomic mass is 31.2. The smallest absolute Gasteiger partial charge is 0.303 e. The maximum absolute atomic E-state index is 10.8. The van der Waals surface area contributed by atoms with Crippen LogP contribution in [0.4, 0.5) is 0 Å². The largest absolute Gasteiger partial charge is 0.469 e. The zero-order chi connectivity index (χ0) is 20.2. The molecule has 0 rings (SSSR count). The van der Waals surface area contributed by atoms with Gasteiger partial charge in [0.2, 0.25) is 0 Å². The molecule has 0 radical (unpaired) electrons. The van der Waals surface area contributed by atoms with E-state index >= 15 is 0 Å². The standard InChI is InChI=1S/C5H16O16P4/c6-22(7,8)18-1-5(2-19-23(9,10)11,3-20-24(12,13)14)4-21-25(15,16)17/h1-4H2,(H2,6,7,8)(H2,9,10,11)(H2,12,13,14)(H2,15,16,17). The molecule has 0 aliphatic heterocycles. The van der Waals surface area contributed by atoms with E-state index in [-0.39, 0.29) is 0 Å². The van der Waals surface area contributed by atoms with Crippen molar-refractivity contribution < 1.29 is 75.5 Å². The van der Waals surface area contributed by atoms with Crippen LogP contribution in [0.2, 0.25) is 0 Å². The Bertz CT molecular complexity index is 495. The summed E-state index contributed by atoms with van der Waals surface area (Å²) in [6.45, 7) is -5.07. The fourth-order valence-electron chi connectivity index (χ4n) is 1.13. The number of phosphoric acid groups is 4. The molecule has 0 amide bonds. The molecule has 0 bridgehead atoms. The van der Waals surface area contributed by atoms with Crippen LogP contribution in [0.25, 0.3) is 0 Å². The fraction of sp³-hybridized carbons (Fsp3) is 1.00. The van der Waals surface area contributed by atoms with Crippen molar-refractivity contribution in [3.63, 3.8) is 0 Å². The van der Waals surface area contributed by atoms with Crippen LogP contribution in [0.1, 0.15) is 0 Å². The number of rotatable bonds is 12. The van der Waals surface area contributed by atoms with Gasteiger partial charge in [0.15, 0.2) is 0 Å². The lowest BCUT2D eigenvalue weighted by molar-refractivity contribution is -0.0286. The van der Waals surface area contributed by atoms with E-state index in [9.17, 15) is 18.3 Å². The first-order valence-corrected chi connectivity index (χ1v) is 11.8. The van der Waals surface area contributed by atoms with Crippen molar-refractivity contribution in [1.29, 1.82) is 0 Å². The third-order valence-corrected chi connectivity index (χ3v) is 4.02. The Morgan fingerprint density at radius 1 is 0.480 bits per heavy atom. The highest BCUT2D eigenvalue weighted by Crippen LogP contribution is 2.46. The lowest BCUT2D eigenvalue weighted by Gasteiger charge is -2.32. The van der Waals surface area contributed by atoms with Gasteiger partial charge in [-0.15, -0.1) is 0 Å². The van der Waals surface area contributed by atoms with E-state index in [1.165, 1.54) is 0 Å². The molecule has 0 saturated carbocycles. The zero-order valence-corrected chi connectivity index (χ0v) is 15.5. The Balaban J connectivity index is 5.55. The van der Waals surface area contributed by atoms with E-state index in [1.807, 2.05) is 0 Å². The SMILES string of the molecule is O=P(O)(O)OCC(COP(=O)(O)O)(COP(=O)(O)O)COP(=O)(O)O. The summed E-state index contributed by atoms with van der Waals surface area (Å²) < 4.78 is 59.3. The topological polar surface area (TPSA) is 267 Å². The summed E-state index contributed by atoms with van der Waals surface area (Å²) in [7, 11) is -20.8. The molecule has 0 heterocycles. The van der Waals surface area contributed by atoms with Gasteiger partial charge in [0.25, 0.3) is 0 Å². The van der Waals surface area contributed by atoms with Crippen LogP contribution in [0, 0.1) is 5.41 Å². The van der Waals surface area contributed by atoms with Crippen molar-refractivity contribution in [1.82, 2.24) is 0 Å². The predicted molar refractivity (Wildman–Crippen MR) is 74.4 cm³/mol.